The second kappa shape index (κ2) is 9.13. The van der Waals surface area contributed by atoms with Crippen molar-refractivity contribution in [3.8, 4) is 5.69 Å². The van der Waals surface area contributed by atoms with E-state index in [0.717, 1.165) is 30.8 Å². The molecule has 2 aromatic carbocycles. The van der Waals surface area contributed by atoms with E-state index in [1.807, 2.05) is 35.2 Å². The van der Waals surface area contributed by atoms with Crippen LogP contribution in [0.1, 0.15) is 30.7 Å². The van der Waals surface area contributed by atoms with E-state index < -0.39 is 0 Å². The van der Waals surface area contributed by atoms with Crippen LogP contribution in [0.4, 0.5) is 4.39 Å². The summed E-state index contributed by atoms with van der Waals surface area (Å²) >= 11 is 0. The van der Waals surface area contributed by atoms with Gasteiger partial charge in [-0.1, -0.05) is 37.3 Å². The van der Waals surface area contributed by atoms with E-state index in [1.165, 1.54) is 12.1 Å². The second-order valence-electron chi connectivity index (χ2n) is 7.46. The summed E-state index contributed by atoms with van der Waals surface area (Å²) in [6, 6.07) is 16.1. The quantitative estimate of drug-likeness (QED) is 0.627. The number of nitrogens with zero attached hydrogens (tertiary/aromatic N) is 6. The average Bonchev–Trinajstić information content (AvgIpc) is 3.24. The topological polar surface area (TPSA) is 67.2 Å². The summed E-state index contributed by atoms with van der Waals surface area (Å²) in [6.45, 7) is 5.50. The maximum atomic E-state index is 13.2. The molecule has 2 heterocycles. The van der Waals surface area contributed by atoms with Crippen LogP contribution >= 0.6 is 0 Å². The highest BCUT2D eigenvalue weighted by molar-refractivity contribution is 5.83. The van der Waals surface area contributed by atoms with Gasteiger partial charge in [-0.3, -0.25) is 9.69 Å². The van der Waals surface area contributed by atoms with Crippen LogP contribution < -0.4 is 0 Å². The van der Waals surface area contributed by atoms with Gasteiger partial charge in [-0.15, -0.1) is 5.10 Å². The van der Waals surface area contributed by atoms with E-state index in [-0.39, 0.29) is 17.6 Å². The molecule has 0 N–H and O–H groups in total. The van der Waals surface area contributed by atoms with E-state index in [0.29, 0.717) is 25.5 Å². The molecule has 1 aromatic heterocycles. The summed E-state index contributed by atoms with van der Waals surface area (Å²) in [5.74, 6) is 0.496. The lowest BCUT2D eigenvalue weighted by atomic mass is 9.95. The Kier molecular flexibility index (Phi) is 6.13. The highest BCUT2D eigenvalue weighted by Gasteiger charge is 2.28. The molecule has 1 fully saturated rings. The number of benzene rings is 2. The van der Waals surface area contributed by atoms with Gasteiger partial charge in [-0.25, -0.2) is 4.39 Å². The molecular weight excluding hydrogens is 383 g/mol. The lowest BCUT2D eigenvalue weighted by Gasteiger charge is -2.36. The predicted octanol–water partition coefficient (Wildman–Crippen LogP) is 2.64. The van der Waals surface area contributed by atoms with Gasteiger partial charge >= 0.3 is 0 Å². The standard InChI is InChI=1S/C22H25FN6O/c1-2-20(17-6-4-3-5-7-17)22(30)28-14-12-27(13-15-28)16-21-24-25-26-29(21)19-10-8-18(23)9-11-19/h3-11,20H,2,12-16H2,1H3. The monoisotopic (exact) mass is 408 g/mol. The Labute approximate surface area is 175 Å². The summed E-state index contributed by atoms with van der Waals surface area (Å²) in [5.41, 5.74) is 1.80. The van der Waals surface area contributed by atoms with Crippen LogP contribution in [-0.2, 0) is 11.3 Å². The zero-order chi connectivity index (χ0) is 20.9. The third kappa shape index (κ3) is 4.38. The summed E-state index contributed by atoms with van der Waals surface area (Å²) in [4.78, 5) is 17.3. The molecule has 1 saturated heterocycles. The molecule has 0 aliphatic carbocycles. The van der Waals surface area contributed by atoms with Gasteiger partial charge < -0.3 is 4.90 Å². The SMILES string of the molecule is CCC(C(=O)N1CCN(Cc2nnnn2-c2ccc(F)cc2)CC1)c1ccccc1. The van der Waals surface area contributed by atoms with E-state index >= 15 is 0 Å². The van der Waals surface area contributed by atoms with Gasteiger partial charge in [-0.2, -0.15) is 4.68 Å². The van der Waals surface area contributed by atoms with Gasteiger partial charge in [0.15, 0.2) is 5.82 Å². The number of carbonyl (C=O) groups is 1. The molecule has 1 aliphatic heterocycles. The number of hydrogen-bond donors (Lipinski definition) is 0. The normalized spacial score (nSPS) is 15.9. The number of hydrogen-bond acceptors (Lipinski definition) is 5. The van der Waals surface area contributed by atoms with Gasteiger partial charge in [0.05, 0.1) is 18.2 Å². The number of carbonyl (C=O) groups excluding carboxylic acids is 1. The molecule has 1 aliphatic rings. The lowest BCUT2D eigenvalue weighted by molar-refractivity contribution is -0.134. The fraction of sp³-hybridized carbons (Fsp3) is 0.364. The maximum absolute atomic E-state index is 13.2. The maximum Gasteiger partial charge on any atom is 0.230 e. The molecule has 156 valence electrons. The molecule has 1 atom stereocenters. The first kappa shape index (κ1) is 20.2. The highest BCUT2D eigenvalue weighted by Crippen LogP contribution is 2.23. The van der Waals surface area contributed by atoms with Crippen LogP contribution in [0.2, 0.25) is 0 Å². The smallest absolute Gasteiger partial charge is 0.230 e. The van der Waals surface area contributed by atoms with Crippen molar-refractivity contribution in [3.63, 3.8) is 0 Å². The largest absolute Gasteiger partial charge is 0.340 e. The van der Waals surface area contributed by atoms with E-state index in [1.54, 1.807) is 16.8 Å². The van der Waals surface area contributed by atoms with Crippen molar-refractivity contribution in [1.82, 2.24) is 30.0 Å². The molecule has 0 radical (unpaired) electrons. The van der Waals surface area contributed by atoms with Crippen LogP contribution in [0.5, 0.6) is 0 Å². The molecule has 3 aromatic rings. The van der Waals surface area contributed by atoms with Gasteiger partial charge in [-0.05, 0) is 46.7 Å². The zero-order valence-corrected chi connectivity index (χ0v) is 17.0. The summed E-state index contributed by atoms with van der Waals surface area (Å²) < 4.78 is 14.8. The Morgan fingerprint density at radius 1 is 1.03 bits per heavy atom. The molecule has 1 amide bonds. The van der Waals surface area contributed by atoms with E-state index in [9.17, 15) is 9.18 Å². The fourth-order valence-electron chi connectivity index (χ4n) is 3.87. The summed E-state index contributed by atoms with van der Waals surface area (Å²) in [6.07, 6.45) is 0.787. The minimum atomic E-state index is -0.296. The van der Waals surface area contributed by atoms with Gasteiger partial charge in [0, 0.05) is 26.2 Å². The molecule has 0 saturated carbocycles. The number of tetrazole rings is 1. The molecule has 0 bridgehead atoms. The fourth-order valence-corrected chi connectivity index (χ4v) is 3.87. The van der Waals surface area contributed by atoms with Crippen LogP contribution in [-0.4, -0.2) is 62.1 Å². The minimum Gasteiger partial charge on any atom is -0.340 e. The molecule has 7 nitrogen and oxygen atoms in total. The van der Waals surface area contributed by atoms with Crippen LogP contribution in [0.3, 0.4) is 0 Å². The van der Waals surface area contributed by atoms with Crippen LogP contribution in [0, 0.1) is 5.82 Å². The number of piperazine rings is 1. The molecule has 30 heavy (non-hydrogen) atoms. The Bertz CT molecular complexity index is 967. The molecule has 4 rings (SSSR count). The third-order valence-corrected chi connectivity index (χ3v) is 5.56. The van der Waals surface area contributed by atoms with Crippen LogP contribution in [0.15, 0.2) is 54.6 Å². The lowest BCUT2D eigenvalue weighted by Crippen LogP contribution is -2.49. The molecular formula is C22H25FN6O. The summed E-state index contributed by atoms with van der Waals surface area (Å²) in [7, 11) is 0. The second-order valence-corrected chi connectivity index (χ2v) is 7.46. The Morgan fingerprint density at radius 3 is 2.40 bits per heavy atom. The summed E-state index contributed by atoms with van der Waals surface area (Å²) in [5, 5.41) is 11.9. The van der Waals surface area contributed by atoms with Crippen molar-refractivity contribution in [2.24, 2.45) is 0 Å². The average molecular weight is 408 g/mol. The van der Waals surface area contributed by atoms with Gasteiger partial charge in [0.2, 0.25) is 5.91 Å². The van der Waals surface area contributed by atoms with Crippen molar-refractivity contribution >= 4 is 5.91 Å². The van der Waals surface area contributed by atoms with Crippen molar-refractivity contribution in [3.05, 3.63) is 71.8 Å². The van der Waals surface area contributed by atoms with Gasteiger partial charge in [0.25, 0.3) is 0 Å². The molecule has 8 heteroatoms. The molecule has 1 unspecified atom stereocenters. The van der Waals surface area contributed by atoms with Crippen molar-refractivity contribution < 1.29 is 9.18 Å². The number of amides is 1. The Morgan fingerprint density at radius 2 is 1.73 bits per heavy atom. The molecule has 0 spiro atoms. The Hall–Kier alpha value is -3.13. The van der Waals surface area contributed by atoms with Gasteiger partial charge in [0.1, 0.15) is 5.82 Å². The first-order valence-corrected chi connectivity index (χ1v) is 10.2. The third-order valence-electron chi connectivity index (χ3n) is 5.56. The van der Waals surface area contributed by atoms with Crippen LogP contribution in [0.25, 0.3) is 5.69 Å². The van der Waals surface area contributed by atoms with E-state index in [4.69, 9.17) is 0 Å². The van der Waals surface area contributed by atoms with E-state index in [2.05, 4.69) is 27.3 Å². The number of aromatic nitrogens is 4. The zero-order valence-electron chi connectivity index (χ0n) is 17.0. The first-order valence-electron chi connectivity index (χ1n) is 10.2. The first-order chi connectivity index (χ1) is 14.7. The van der Waals surface area contributed by atoms with Crippen molar-refractivity contribution in [1.29, 1.82) is 0 Å². The number of rotatable bonds is 6. The van der Waals surface area contributed by atoms with Crippen molar-refractivity contribution in [2.75, 3.05) is 26.2 Å². The predicted molar refractivity (Wildman–Crippen MR) is 110 cm³/mol. The Balaban J connectivity index is 1.37. The minimum absolute atomic E-state index is 0.0940. The number of halogens is 1. The van der Waals surface area contributed by atoms with Crippen molar-refractivity contribution in [2.45, 2.75) is 25.8 Å². The highest BCUT2D eigenvalue weighted by atomic mass is 19.1.